The lowest BCUT2D eigenvalue weighted by Crippen LogP contribution is -2.43. The molecule has 0 aromatic carbocycles. The van der Waals surface area contributed by atoms with Crippen LogP contribution in [0.3, 0.4) is 0 Å². The maximum absolute atomic E-state index is 11.8. The summed E-state index contributed by atoms with van der Waals surface area (Å²) in [7, 11) is -2.90. The maximum Gasteiger partial charge on any atom is 0.225 e. The minimum Gasteiger partial charge on any atom is -0.339 e. The molecule has 1 saturated heterocycles. The minimum atomic E-state index is -2.90. The fourth-order valence-electron chi connectivity index (χ4n) is 1.95. The quantitative estimate of drug-likeness (QED) is 0.720. The molecule has 0 spiro atoms. The molecule has 1 fully saturated rings. The van der Waals surface area contributed by atoms with Crippen LogP contribution in [0.4, 0.5) is 0 Å². The van der Waals surface area contributed by atoms with Crippen LogP contribution in [-0.2, 0) is 14.6 Å². The molecular weight excluding hydrogens is 214 g/mol. The maximum atomic E-state index is 11.8. The van der Waals surface area contributed by atoms with Gasteiger partial charge in [0.15, 0.2) is 9.84 Å². The SMILES string of the molecule is CCN(C(=O)C(C)C)C1CCS(=O)(=O)C1. The standard InChI is InChI=1S/C10H19NO3S/c1-4-11(10(12)8(2)3)9-5-6-15(13,14)7-9/h8-9H,4-7H2,1-3H3. The lowest BCUT2D eigenvalue weighted by Gasteiger charge is -2.28. The number of hydrogen-bond acceptors (Lipinski definition) is 3. The largest absolute Gasteiger partial charge is 0.339 e. The van der Waals surface area contributed by atoms with Crippen LogP contribution in [0.2, 0.25) is 0 Å². The smallest absolute Gasteiger partial charge is 0.225 e. The molecule has 0 N–H and O–H groups in total. The van der Waals surface area contributed by atoms with Crippen LogP contribution in [0, 0.1) is 5.92 Å². The molecule has 0 aliphatic carbocycles. The van der Waals surface area contributed by atoms with E-state index in [1.807, 2.05) is 20.8 Å². The first-order valence-electron chi connectivity index (χ1n) is 5.38. The van der Waals surface area contributed by atoms with Gasteiger partial charge in [0.1, 0.15) is 0 Å². The Labute approximate surface area is 91.6 Å². The first kappa shape index (κ1) is 12.5. The Bertz CT molecular complexity index is 335. The summed E-state index contributed by atoms with van der Waals surface area (Å²) in [5.41, 5.74) is 0. The molecule has 1 aliphatic rings. The lowest BCUT2D eigenvalue weighted by molar-refractivity contribution is -0.136. The van der Waals surface area contributed by atoms with Gasteiger partial charge < -0.3 is 4.90 Å². The van der Waals surface area contributed by atoms with E-state index in [2.05, 4.69) is 0 Å². The molecule has 1 amide bonds. The average Bonchev–Trinajstić information content (AvgIpc) is 2.47. The van der Waals surface area contributed by atoms with E-state index in [0.29, 0.717) is 13.0 Å². The van der Waals surface area contributed by atoms with Crippen molar-refractivity contribution in [1.82, 2.24) is 4.90 Å². The van der Waals surface area contributed by atoms with Gasteiger partial charge in [-0.3, -0.25) is 4.79 Å². The van der Waals surface area contributed by atoms with Crippen LogP contribution in [0.15, 0.2) is 0 Å². The molecule has 4 nitrogen and oxygen atoms in total. The molecule has 1 heterocycles. The minimum absolute atomic E-state index is 0.0552. The van der Waals surface area contributed by atoms with Gasteiger partial charge in [-0.1, -0.05) is 13.8 Å². The van der Waals surface area contributed by atoms with Gasteiger partial charge in [0.25, 0.3) is 0 Å². The van der Waals surface area contributed by atoms with Crippen molar-refractivity contribution >= 4 is 15.7 Å². The van der Waals surface area contributed by atoms with Crippen LogP contribution in [-0.4, -0.2) is 43.3 Å². The number of rotatable bonds is 3. The van der Waals surface area contributed by atoms with Crippen molar-refractivity contribution in [3.8, 4) is 0 Å². The molecule has 1 aliphatic heterocycles. The molecule has 0 bridgehead atoms. The molecule has 1 rings (SSSR count). The van der Waals surface area contributed by atoms with Crippen molar-refractivity contribution in [2.24, 2.45) is 5.92 Å². The molecule has 0 saturated carbocycles. The molecule has 0 aromatic rings. The van der Waals surface area contributed by atoms with Gasteiger partial charge in [-0.25, -0.2) is 8.42 Å². The Kier molecular flexibility index (Phi) is 3.76. The Morgan fingerprint density at radius 2 is 2.07 bits per heavy atom. The third-order valence-corrected chi connectivity index (χ3v) is 4.52. The fraction of sp³-hybridized carbons (Fsp3) is 0.900. The van der Waals surface area contributed by atoms with Crippen molar-refractivity contribution in [2.45, 2.75) is 33.2 Å². The highest BCUT2D eigenvalue weighted by Crippen LogP contribution is 2.19. The second kappa shape index (κ2) is 4.51. The lowest BCUT2D eigenvalue weighted by atomic mass is 10.1. The van der Waals surface area contributed by atoms with Crippen molar-refractivity contribution in [2.75, 3.05) is 18.1 Å². The van der Waals surface area contributed by atoms with Crippen LogP contribution in [0.5, 0.6) is 0 Å². The van der Waals surface area contributed by atoms with Crippen molar-refractivity contribution in [1.29, 1.82) is 0 Å². The van der Waals surface area contributed by atoms with E-state index in [-0.39, 0.29) is 29.4 Å². The Hall–Kier alpha value is -0.580. The van der Waals surface area contributed by atoms with Gasteiger partial charge in [-0.15, -0.1) is 0 Å². The molecule has 15 heavy (non-hydrogen) atoms. The van der Waals surface area contributed by atoms with Gasteiger partial charge in [0.2, 0.25) is 5.91 Å². The summed E-state index contributed by atoms with van der Waals surface area (Å²) < 4.78 is 22.6. The molecule has 1 unspecified atom stereocenters. The van der Waals surface area contributed by atoms with Crippen molar-refractivity contribution in [3.63, 3.8) is 0 Å². The van der Waals surface area contributed by atoms with Crippen molar-refractivity contribution in [3.05, 3.63) is 0 Å². The second-order valence-electron chi connectivity index (χ2n) is 4.34. The van der Waals surface area contributed by atoms with Gasteiger partial charge in [-0.05, 0) is 13.3 Å². The highest BCUT2D eigenvalue weighted by molar-refractivity contribution is 7.91. The summed E-state index contributed by atoms with van der Waals surface area (Å²) in [4.78, 5) is 13.5. The summed E-state index contributed by atoms with van der Waals surface area (Å²) in [6, 6.07) is -0.102. The van der Waals surface area contributed by atoms with E-state index < -0.39 is 9.84 Å². The number of carbonyl (C=O) groups is 1. The molecule has 0 radical (unpaired) electrons. The number of amides is 1. The topological polar surface area (TPSA) is 54.5 Å². The van der Waals surface area contributed by atoms with E-state index in [9.17, 15) is 13.2 Å². The van der Waals surface area contributed by atoms with Crippen molar-refractivity contribution < 1.29 is 13.2 Å². The van der Waals surface area contributed by atoms with E-state index in [0.717, 1.165) is 0 Å². The van der Waals surface area contributed by atoms with E-state index in [4.69, 9.17) is 0 Å². The third kappa shape index (κ3) is 2.93. The average molecular weight is 233 g/mol. The molecule has 88 valence electrons. The molecule has 1 atom stereocenters. The van der Waals surface area contributed by atoms with Crippen LogP contribution < -0.4 is 0 Å². The van der Waals surface area contributed by atoms with E-state index >= 15 is 0 Å². The zero-order valence-corrected chi connectivity index (χ0v) is 10.4. The zero-order chi connectivity index (χ0) is 11.6. The fourth-order valence-corrected chi connectivity index (χ4v) is 3.68. The summed E-state index contributed by atoms with van der Waals surface area (Å²) in [6.45, 7) is 6.17. The summed E-state index contributed by atoms with van der Waals surface area (Å²) in [6.07, 6.45) is 0.592. The van der Waals surface area contributed by atoms with E-state index in [1.54, 1.807) is 4.90 Å². The number of nitrogens with zero attached hydrogens (tertiary/aromatic N) is 1. The van der Waals surface area contributed by atoms with E-state index in [1.165, 1.54) is 0 Å². The number of carbonyl (C=O) groups excluding carboxylic acids is 1. The third-order valence-electron chi connectivity index (χ3n) is 2.77. The molecule has 5 heteroatoms. The Morgan fingerprint density at radius 3 is 2.40 bits per heavy atom. The number of sulfone groups is 1. The molecular formula is C10H19NO3S. The normalized spacial score (nSPS) is 24.4. The molecule has 0 aromatic heterocycles. The van der Waals surface area contributed by atoms with Gasteiger partial charge in [0, 0.05) is 18.5 Å². The zero-order valence-electron chi connectivity index (χ0n) is 9.56. The highest BCUT2D eigenvalue weighted by atomic mass is 32.2. The Morgan fingerprint density at radius 1 is 1.47 bits per heavy atom. The summed E-state index contributed by atoms with van der Waals surface area (Å²) in [5.74, 6) is 0.353. The van der Waals surface area contributed by atoms with Gasteiger partial charge in [-0.2, -0.15) is 0 Å². The monoisotopic (exact) mass is 233 g/mol. The number of hydrogen-bond donors (Lipinski definition) is 0. The van der Waals surface area contributed by atoms with Gasteiger partial charge in [0.05, 0.1) is 11.5 Å². The first-order chi connectivity index (χ1) is 6.87. The predicted octanol–water partition coefficient (Wildman–Crippen LogP) is 0.678. The van der Waals surface area contributed by atoms with Crippen LogP contribution in [0.25, 0.3) is 0 Å². The first-order valence-corrected chi connectivity index (χ1v) is 7.20. The Balaban J connectivity index is 2.73. The van der Waals surface area contributed by atoms with Crippen LogP contribution in [0.1, 0.15) is 27.2 Å². The van der Waals surface area contributed by atoms with Gasteiger partial charge >= 0.3 is 0 Å². The summed E-state index contributed by atoms with van der Waals surface area (Å²) >= 11 is 0. The second-order valence-corrected chi connectivity index (χ2v) is 6.56. The summed E-state index contributed by atoms with van der Waals surface area (Å²) in [5, 5.41) is 0. The predicted molar refractivity (Wildman–Crippen MR) is 59.3 cm³/mol. The highest BCUT2D eigenvalue weighted by Gasteiger charge is 2.34. The van der Waals surface area contributed by atoms with Crippen LogP contribution >= 0.6 is 0 Å².